The van der Waals surface area contributed by atoms with Crippen molar-refractivity contribution in [2.75, 3.05) is 6.54 Å². The number of hydrogen-bond donors (Lipinski definition) is 2. The number of halogens is 1. The second-order valence-electron chi connectivity index (χ2n) is 4.21. The Morgan fingerprint density at radius 2 is 2.20 bits per heavy atom. The lowest BCUT2D eigenvalue weighted by Crippen LogP contribution is -2.14. The molecular formula is C12H16BrNO. The molecule has 0 radical (unpaired) electrons. The van der Waals surface area contributed by atoms with Crippen LogP contribution in [0.3, 0.4) is 0 Å². The zero-order valence-electron chi connectivity index (χ0n) is 9.10. The molecule has 2 N–H and O–H groups in total. The summed E-state index contributed by atoms with van der Waals surface area (Å²) in [5.74, 6) is 0.432. The van der Waals surface area contributed by atoms with Crippen LogP contribution in [0.15, 0.2) is 10.5 Å². The molecule has 3 heteroatoms. The first-order valence-electron chi connectivity index (χ1n) is 5.33. The van der Waals surface area contributed by atoms with Crippen LogP contribution in [-0.4, -0.2) is 11.7 Å². The van der Waals surface area contributed by atoms with Crippen molar-refractivity contribution in [3.05, 3.63) is 27.2 Å². The van der Waals surface area contributed by atoms with Crippen LogP contribution in [0.2, 0.25) is 0 Å². The summed E-state index contributed by atoms with van der Waals surface area (Å²) in [5, 5.41) is 13.4. The maximum atomic E-state index is 9.92. The molecule has 1 atom stereocenters. The molecule has 15 heavy (non-hydrogen) atoms. The van der Waals surface area contributed by atoms with Gasteiger partial charge in [0.05, 0.1) is 0 Å². The molecule has 1 saturated heterocycles. The lowest BCUT2D eigenvalue weighted by Gasteiger charge is -2.18. The average molecular weight is 270 g/mol. The zero-order chi connectivity index (χ0) is 11.0. The highest BCUT2D eigenvalue weighted by Crippen LogP contribution is 2.37. The fraction of sp³-hybridized carbons (Fsp3) is 0.500. The number of phenols is 1. The van der Waals surface area contributed by atoms with Gasteiger partial charge in [0.25, 0.3) is 0 Å². The molecule has 0 amide bonds. The van der Waals surface area contributed by atoms with Gasteiger partial charge in [-0.3, -0.25) is 0 Å². The van der Waals surface area contributed by atoms with E-state index in [9.17, 15) is 5.11 Å². The summed E-state index contributed by atoms with van der Waals surface area (Å²) >= 11 is 3.59. The van der Waals surface area contributed by atoms with Crippen molar-refractivity contribution in [1.29, 1.82) is 0 Å². The first-order valence-corrected chi connectivity index (χ1v) is 6.12. The number of benzene rings is 1. The highest BCUT2D eigenvalue weighted by molar-refractivity contribution is 9.10. The van der Waals surface area contributed by atoms with Crippen LogP contribution >= 0.6 is 15.9 Å². The Morgan fingerprint density at radius 1 is 1.47 bits per heavy atom. The summed E-state index contributed by atoms with van der Waals surface area (Å²) < 4.78 is 1.11. The van der Waals surface area contributed by atoms with E-state index in [1.165, 1.54) is 12.0 Å². The molecule has 1 heterocycles. The van der Waals surface area contributed by atoms with E-state index in [-0.39, 0.29) is 0 Å². The molecule has 1 unspecified atom stereocenters. The Bertz CT molecular complexity index is 384. The van der Waals surface area contributed by atoms with Crippen LogP contribution in [0.4, 0.5) is 0 Å². The van der Waals surface area contributed by atoms with E-state index in [1.807, 2.05) is 19.9 Å². The lowest BCUT2D eigenvalue weighted by molar-refractivity contribution is 0.463. The fourth-order valence-electron chi connectivity index (χ4n) is 2.30. The molecule has 82 valence electrons. The van der Waals surface area contributed by atoms with E-state index < -0.39 is 0 Å². The maximum absolute atomic E-state index is 9.92. The maximum Gasteiger partial charge on any atom is 0.121 e. The van der Waals surface area contributed by atoms with Crippen LogP contribution in [0.1, 0.15) is 35.6 Å². The van der Waals surface area contributed by atoms with E-state index in [1.54, 1.807) is 0 Å². The van der Waals surface area contributed by atoms with Crippen LogP contribution in [0.25, 0.3) is 0 Å². The predicted octanol–water partition coefficient (Wildman–Crippen LogP) is 3.20. The van der Waals surface area contributed by atoms with Crippen LogP contribution in [0.5, 0.6) is 5.75 Å². The number of aryl methyl sites for hydroxylation is 1. The lowest BCUT2D eigenvalue weighted by atomic mass is 9.97. The number of phenolic OH excluding ortho intramolecular Hbond substituents is 1. The van der Waals surface area contributed by atoms with E-state index in [0.29, 0.717) is 11.8 Å². The Morgan fingerprint density at radius 3 is 2.80 bits per heavy atom. The highest BCUT2D eigenvalue weighted by Gasteiger charge is 2.22. The Labute approximate surface area is 98.8 Å². The third-order valence-corrected chi connectivity index (χ3v) is 3.80. The second kappa shape index (κ2) is 4.14. The summed E-state index contributed by atoms with van der Waals surface area (Å²) in [5.41, 5.74) is 3.15. The van der Waals surface area contributed by atoms with Crippen molar-refractivity contribution in [2.24, 2.45) is 0 Å². The number of hydrogen-bond acceptors (Lipinski definition) is 2. The molecule has 0 saturated carbocycles. The van der Waals surface area contributed by atoms with Gasteiger partial charge in [-0.2, -0.15) is 0 Å². The van der Waals surface area contributed by atoms with Gasteiger partial charge in [-0.25, -0.2) is 0 Å². The van der Waals surface area contributed by atoms with Crippen molar-refractivity contribution in [2.45, 2.75) is 32.7 Å². The third kappa shape index (κ3) is 1.91. The topological polar surface area (TPSA) is 32.3 Å². The second-order valence-corrected chi connectivity index (χ2v) is 5.07. The Balaban J connectivity index is 2.50. The summed E-state index contributed by atoms with van der Waals surface area (Å²) in [6, 6.07) is 2.39. The SMILES string of the molecule is Cc1cc(Br)c(C2CCCN2)c(C)c1O. The van der Waals surface area contributed by atoms with Crippen LogP contribution in [0, 0.1) is 13.8 Å². The molecule has 0 spiro atoms. The van der Waals surface area contributed by atoms with Gasteiger partial charge >= 0.3 is 0 Å². The van der Waals surface area contributed by atoms with Gasteiger partial charge in [-0.05, 0) is 56.0 Å². The molecule has 0 bridgehead atoms. The minimum absolute atomic E-state index is 0.394. The van der Waals surface area contributed by atoms with Crippen LogP contribution in [-0.2, 0) is 0 Å². The van der Waals surface area contributed by atoms with E-state index >= 15 is 0 Å². The molecule has 1 aliphatic heterocycles. The van der Waals surface area contributed by atoms with Crippen molar-refractivity contribution < 1.29 is 5.11 Å². The highest BCUT2D eigenvalue weighted by atomic mass is 79.9. The normalized spacial score (nSPS) is 20.9. The van der Waals surface area contributed by atoms with Crippen molar-refractivity contribution in [3.8, 4) is 5.75 Å². The molecule has 1 aliphatic rings. The summed E-state index contributed by atoms with van der Waals surface area (Å²) in [6.45, 7) is 4.99. The molecule has 2 rings (SSSR count). The van der Waals surface area contributed by atoms with Crippen molar-refractivity contribution >= 4 is 15.9 Å². The zero-order valence-corrected chi connectivity index (χ0v) is 10.7. The standard InChI is InChI=1S/C12H16BrNO/c1-7-6-9(13)11(8(2)12(7)15)10-4-3-5-14-10/h6,10,14-15H,3-5H2,1-2H3. The molecule has 1 aromatic rings. The van der Waals surface area contributed by atoms with Gasteiger partial charge in [-0.1, -0.05) is 15.9 Å². The number of aromatic hydroxyl groups is 1. The van der Waals surface area contributed by atoms with Gasteiger partial charge in [0, 0.05) is 10.5 Å². The van der Waals surface area contributed by atoms with Crippen LogP contribution < -0.4 is 5.32 Å². The van der Waals surface area contributed by atoms with Crippen molar-refractivity contribution in [3.63, 3.8) is 0 Å². The van der Waals surface area contributed by atoms with Gasteiger partial charge < -0.3 is 10.4 Å². The quantitative estimate of drug-likeness (QED) is 0.821. The van der Waals surface area contributed by atoms with E-state index in [2.05, 4.69) is 21.2 Å². The van der Waals surface area contributed by atoms with Gasteiger partial charge in [0.1, 0.15) is 5.75 Å². The predicted molar refractivity (Wildman–Crippen MR) is 65.3 cm³/mol. The molecule has 2 nitrogen and oxygen atoms in total. The Kier molecular flexibility index (Phi) is 3.03. The first-order chi connectivity index (χ1) is 7.11. The molecular weight excluding hydrogens is 254 g/mol. The summed E-state index contributed by atoms with van der Waals surface area (Å²) in [4.78, 5) is 0. The minimum atomic E-state index is 0.394. The summed E-state index contributed by atoms with van der Waals surface area (Å²) in [6.07, 6.45) is 2.37. The van der Waals surface area contributed by atoms with E-state index in [4.69, 9.17) is 0 Å². The van der Waals surface area contributed by atoms with Gasteiger partial charge in [0.2, 0.25) is 0 Å². The number of nitrogens with one attached hydrogen (secondary N) is 1. The smallest absolute Gasteiger partial charge is 0.121 e. The fourth-order valence-corrected chi connectivity index (χ4v) is 3.21. The molecule has 1 fully saturated rings. The molecule has 0 aliphatic carbocycles. The first kappa shape index (κ1) is 11.0. The minimum Gasteiger partial charge on any atom is -0.507 e. The largest absolute Gasteiger partial charge is 0.507 e. The molecule has 1 aromatic carbocycles. The van der Waals surface area contributed by atoms with E-state index in [0.717, 1.165) is 28.6 Å². The monoisotopic (exact) mass is 269 g/mol. The average Bonchev–Trinajstić information content (AvgIpc) is 2.68. The third-order valence-electron chi connectivity index (χ3n) is 3.14. The van der Waals surface area contributed by atoms with Gasteiger partial charge in [-0.15, -0.1) is 0 Å². The molecule has 0 aromatic heterocycles. The number of rotatable bonds is 1. The summed E-state index contributed by atoms with van der Waals surface area (Å²) in [7, 11) is 0. The van der Waals surface area contributed by atoms with Gasteiger partial charge in [0.15, 0.2) is 0 Å². The Hall–Kier alpha value is -0.540. The van der Waals surface area contributed by atoms with Crippen molar-refractivity contribution in [1.82, 2.24) is 5.32 Å².